The number of nitrogens with zero attached hydrogens (tertiary/aromatic N) is 1. The van der Waals surface area contributed by atoms with Gasteiger partial charge in [-0.2, -0.15) is 0 Å². The molecule has 1 fully saturated rings. The van der Waals surface area contributed by atoms with Gasteiger partial charge in [0, 0.05) is 33.0 Å². The van der Waals surface area contributed by atoms with Crippen molar-refractivity contribution >= 4 is 17.7 Å². The summed E-state index contributed by atoms with van der Waals surface area (Å²) in [5.74, 6) is -1.30. The minimum absolute atomic E-state index is 0.128. The number of amides is 3. The maximum absolute atomic E-state index is 12.3. The number of likely N-dealkylation sites (N-methyl/N-ethyl adjacent to an activating group) is 2. The Hall–Kier alpha value is -1.63. The molecule has 0 aromatic rings. The smallest absolute Gasteiger partial charge is 0.245 e. The van der Waals surface area contributed by atoms with E-state index in [4.69, 9.17) is 0 Å². The second-order valence-electron chi connectivity index (χ2n) is 4.79. The van der Waals surface area contributed by atoms with Crippen molar-refractivity contribution in [1.29, 1.82) is 0 Å². The number of piperidine rings is 1. The molecule has 3 amide bonds. The second kappa shape index (κ2) is 6.51. The zero-order valence-electron chi connectivity index (χ0n) is 11.5. The number of carbonyl (C=O) groups excluding carboxylic acids is 3. The van der Waals surface area contributed by atoms with Gasteiger partial charge in [-0.1, -0.05) is 0 Å². The molecule has 1 unspecified atom stereocenters. The summed E-state index contributed by atoms with van der Waals surface area (Å²) in [7, 11) is 2.92. The highest BCUT2D eigenvalue weighted by molar-refractivity contribution is 5.91. The Bertz CT molecular complexity index is 370. The van der Waals surface area contributed by atoms with Gasteiger partial charge in [-0.3, -0.25) is 14.4 Å². The first-order valence-corrected chi connectivity index (χ1v) is 6.31. The quantitative estimate of drug-likeness (QED) is 0.577. The number of hydrogen-bond acceptors (Lipinski definition) is 4. The largest absolute Gasteiger partial charge is 0.391 e. The maximum atomic E-state index is 12.3. The van der Waals surface area contributed by atoms with Crippen LogP contribution < -0.4 is 10.6 Å². The third kappa shape index (κ3) is 3.66. The van der Waals surface area contributed by atoms with Crippen LogP contribution in [0.5, 0.6) is 0 Å². The molecule has 0 aliphatic carbocycles. The van der Waals surface area contributed by atoms with Crippen LogP contribution in [0.2, 0.25) is 0 Å². The van der Waals surface area contributed by atoms with Gasteiger partial charge in [-0.25, -0.2) is 0 Å². The molecule has 108 valence electrons. The Morgan fingerprint density at radius 1 is 1.53 bits per heavy atom. The molecule has 3 N–H and O–H groups in total. The van der Waals surface area contributed by atoms with E-state index in [0.717, 1.165) is 0 Å². The highest BCUT2D eigenvalue weighted by Crippen LogP contribution is 2.17. The van der Waals surface area contributed by atoms with Gasteiger partial charge in [0.2, 0.25) is 17.7 Å². The standard InChI is InChI=1S/C12H21N3O4/c1-7(16)10(11(18)13-2)15(3)12(19)8-4-5-14-9(17)6-8/h7-8,10,16H,4-6H2,1-3H3,(H,13,18)(H,14,17)/t7-,8?,10+/m1/s1. The van der Waals surface area contributed by atoms with Gasteiger partial charge >= 0.3 is 0 Å². The third-order valence-electron chi connectivity index (χ3n) is 3.33. The van der Waals surface area contributed by atoms with Crippen LogP contribution in [0.3, 0.4) is 0 Å². The molecular weight excluding hydrogens is 250 g/mol. The number of aliphatic hydroxyl groups is 1. The molecule has 19 heavy (non-hydrogen) atoms. The monoisotopic (exact) mass is 271 g/mol. The fraction of sp³-hybridized carbons (Fsp3) is 0.750. The fourth-order valence-electron chi connectivity index (χ4n) is 2.29. The van der Waals surface area contributed by atoms with Gasteiger partial charge in [-0.15, -0.1) is 0 Å². The van der Waals surface area contributed by atoms with Crippen LogP contribution in [-0.4, -0.2) is 60.5 Å². The topological polar surface area (TPSA) is 98.7 Å². The SMILES string of the molecule is CNC(=O)[C@H]([C@@H](C)O)N(C)C(=O)C1CCNC(=O)C1. The molecule has 1 heterocycles. The van der Waals surface area contributed by atoms with Gasteiger partial charge in [-0.05, 0) is 13.3 Å². The minimum Gasteiger partial charge on any atom is -0.391 e. The van der Waals surface area contributed by atoms with Crippen molar-refractivity contribution in [1.82, 2.24) is 15.5 Å². The van der Waals surface area contributed by atoms with Gasteiger partial charge in [0.25, 0.3) is 0 Å². The molecule has 0 aromatic carbocycles. The van der Waals surface area contributed by atoms with Crippen molar-refractivity contribution in [2.45, 2.75) is 31.9 Å². The van der Waals surface area contributed by atoms with Gasteiger partial charge in [0.1, 0.15) is 6.04 Å². The van der Waals surface area contributed by atoms with E-state index in [2.05, 4.69) is 10.6 Å². The molecule has 1 aliphatic heterocycles. The minimum atomic E-state index is -0.980. The van der Waals surface area contributed by atoms with Crippen LogP contribution in [-0.2, 0) is 14.4 Å². The predicted molar refractivity (Wildman–Crippen MR) is 68.0 cm³/mol. The summed E-state index contributed by atoms with van der Waals surface area (Å²) in [6.45, 7) is 1.92. The summed E-state index contributed by atoms with van der Waals surface area (Å²) >= 11 is 0. The van der Waals surface area contributed by atoms with Crippen molar-refractivity contribution in [3.05, 3.63) is 0 Å². The average Bonchev–Trinajstić information content (AvgIpc) is 2.37. The maximum Gasteiger partial charge on any atom is 0.245 e. The Morgan fingerprint density at radius 2 is 2.16 bits per heavy atom. The number of carbonyl (C=O) groups is 3. The van der Waals surface area contributed by atoms with Crippen LogP contribution >= 0.6 is 0 Å². The van der Waals surface area contributed by atoms with E-state index in [0.29, 0.717) is 13.0 Å². The molecule has 0 saturated carbocycles. The lowest BCUT2D eigenvalue weighted by Gasteiger charge is -2.32. The van der Waals surface area contributed by atoms with Gasteiger partial charge < -0.3 is 20.6 Å². The van der Waals surface area contributed by atoms with E-state index in [1.54, 1.807) is 0 Å². The average molecular weight is 271 g/mol. The molecule has 1 aliphatic rings. The normalized spacial score (nSPS) is 22.1. The van der Waals surface area contributed by atoms with Gasteiger partial charge in [0.15, 0.2) is 0 Å². The lowest BCUT2D eigenvalue weighted by Crippen LogP contribution is -2.54. The third-order valence-corrected chi connectivity index (χ3v) is 3.33. The van der Waals surface area contributed by atoms with Crippen molar-refractivity contribution in [2.24, 2.45) is 5.92 Å². The van der Waals surface area contributed by atoms with E-state index >= 15 is 0 Å². The zero-order chi connectivity index (χ0) is 14.6. The van der Waals surface area contributed by atoms with Crippen LogP contribution in [0.4, 0.5) is 0 Å². The number of hydrogen-bond donors (Lipinski definition) is 3. The summed E-state index contributed by atoms with van der Waals surface area (Å²) in [5, 5.41) is 14.7. The first-order chi connectivity index (χ1) is 8.88. The summed E-state index contributed by atoms with van der Waals surface area (Å²) < 4.78 is 0. The highest BCUT2D eigenvalue weighted by Gasteiger charge is 2.35. The zero-order valence-corrected chi connectivity index (χ0v) is 11.5. The first-order valence-electron chi connectivity index (χ1n) is 6.31. The Labute approximate surface area is 112 Å². The lowest BCUT2D eigenvalue weighted by atomic mass is 9.95. The fourth-order valence-corrected chi connectivity index (χ4v) is 2.29. The summed E-state index contributed by atoms with van der Waals surface area (Å²) in [5.41, 5.74) is 0. The lowest BCUT2D eigenvalue weighted by molar-refractivity contribution is -0.147. The number of aliphatic hydroxyl groups excluding tert-OH is 1. The van der Waals surface area contributed by atoms with Crippen LogP contribution in [0.15, 0.2) is 0 Å². The Kier molecular flexibility index (Phi) is 5.29. The molecule has 1 saturated heterocycles. The van der Waals surface area contributed by atoms with E-state index in [-0.39, 0.29) is 18.2 Å². The van der Waals surface area contributed by atoms with E-state index in [1.807, 2.05) is 0 Å². The van der Waals surface area contributed by atoms with E-state index < -0.39 is 24.0 Å². The Balaban J connectivity index is 2.78. The van der Waals surface area contributed by atoms with Crippen LogP contribution in [0.25, 0.3) is 0 Å². The molecule has 0 spiro atoms. The molecule has 0 aromatic heterocycles. The predicted octanol–water partition coefficient (Wildman–Crippen LogP) is -1.53. The second-order valence-corrected chi connectivity index (χ2v) is 4.79. The van der Waals surface area contributed by atoms with Crippen molar-refractivity contribution in [2.75, 3.05) is 20.6 Å². The number of nitrogens with one attached hydrogen (secondary N) is 2. The van der Waals surface area contributed by atoms with E-state index in [1.165, 1.54) is 25.9 Å². The summed E-state index contributed by atoms with van der Waals surface area (Å²) in [6.07, 6.45) is -0.301. The summed E-state index contributed by atoms with van der Waals surface area (Å²) in [4.78, 5) is 36.5. The highest BCUT2D eigenvalue weighted by atomic mass is 16.3. The number of rotatable bonds is 4. The summed E-state index contributed by atoms with van der Waals surface area (Å²) in [6, 6.07) is -0.942. The van der Waals surface area contributed by atoms with Crippen molar-refractivity contribution in [3.63, 3.8) is 0 Å². The molecule has 0 radical (unpaired) electrons. The van der Waals surface area contributed by atoms with Crippen LogP contribution in [0.1, 0.15) is 19.8 Å². The molecular formula is C12H21N3O4. The van der Waals surface area contributed by atoms with Gasteiger partial charge in [0.05, 0.1) is 6.10 Å². The molecule has 0 bridgehead atoms. The van der Waals surface area contributed by atoms with E-state index in [9.17, 15) is 19.5 Å². The molecule has 7 heteroatoms. The molecule has 3 atom stereocenters. The van der Waals surface area contributed by atoms with Crippen LogP contribution in [0, 0.1) is 5.92 Å². The van der Waals surface area contributed by atoms with Crippen molar-refractivity contribution in [3.8, 4) is 0 Å². The first kappa shape index (κ1) is 15.4. The van der Waals surface area contributed by atoms with Crippen molar-refractivity contribution < 1.29 is 19.5 Å². The molecule has 7 nitrogen and oxygen atoms in total. The molecule has 1 rings (SSSR count). The Morgan fingerprint density at radius 3 is 2.63 bits per heavy atom.